The summed E-state index contributed by atoms with van der Waals surface area (Å²) < 4.78 is 5.56. The molecule has 1 aliphatic heterocycles. The Balaban J connectivity index is 1.43. The summed E-state index contributed by atoms with van der Waals surface area (Å²) in [6.07, 6.45) is 4.96. The number of aryl methyl sites for hydroxylation is 1. The molecule has 0 saturated carbocycles. The maximum absolute atomic E-state index is 12.1. The first-order chi connectivity index (χ1) is 13.2. The van der Waals surface area contributed by atoms with Crippen LogP contribution in [-0.4, -0.2) is 30.5 Å². The summed E-state index contributed by atoms with van der Waals surface area (Å²) in [6.45, 7) is 6.07. The van der Waals surface area contributed by atoms with E-state index in [1.165, 1.54) is 43.5 Å². The molecule has 27 heavy (non-hydrogen) atoms. The Morgan fingerprint density at radius 3 is 2.48 bits per heavy atom. The fourth-order valence-electron chi connectivity index (χ4n) is 3.44. The Hall–Kier alpha value is -2.33. The second kappa shape index (κ2) is 10.1. The average molecular weight is 367 g/mol. The lowest BCUT2D eigenvalue weighted by Gasteiger charge is -2.26. The van der Waals surface area contributed by atoms with Gasteiger partial charge in [0.05, 0.1) is 0 Å². The molecule has 144 valence electrons. The summed E-state index contributed by atoms with van der Waals surface area (Å²) >= 11 is 0. The fraction of sp³-hybridized carbons (Fsp3) is 0.435. The quantitative estimate of drug-likeness (QED) is 0.770. The van der Waals surface area contributed by atoms with Crippen molar-refractivity contribution in [3.63, 3.8) is 0 Å². The van der Waals surface area contributed by atoms with Crippen LogP contribution in [0.3, 0.4) is 0 Å². The third kappa shape index (κ3) is 6.40. The van der Waals surface area contributed by atoms with Gasteiger partial charge in [0.1, 0.15) is 5.75 Å². The van der Waals surface area contributed by atoms with E-state index < -0.39 is 0 Å². The van der Waals surface area contributed by atoms with E-state index in [-0.39, 0.29) is 12.5 Å². The van der Waals surface area contributed by atoms with Crippen LogP contribution >= 0.6 is 0 Å². The van der Waals surface area contributed by atoms with Crippen LogP contribution in [0.5, 0.6) is 5.75 Å². The topological polar surface area (TPSA) is 41.6 Å². The Bertz CT molecular complexity index is 721. The number of likely N-dealkylation sites (tertiary alicyclic amines) is 1. The van der Waals surface area contributed by atoms with Crippen molar-refractivity contribution in [2.75, 3.05) is 19.7 Å². The van der Waals surface area contributed by atoms with Gasteiger partial charge in [-0.3, -0.25) is 9.69 Å². The molecule has 1 heterocycles. The van der Waals surface area contributed by atoms with Crippen LogP contribution in [0.25, 0.3) is 0 Å². The monoisotopic (exact) mass is 366 g/mol. The standard InChI is InChI=1S/C23H30N2O2/c1-2-19-9-11-22(12-10-19)27-18-23(26)24-16-20-7-6-8-21(15-20)17-25-13-4-3-5-14-25/h6-12,15H,2-5,13-14,16-18H2,1H3,(H,24,26). The molecule has 1 saturated heterocycles. The highest BCUT2D eigenvalue weighted by Crippen LogP contribution is 2.14. The highest BCUT2D eigenvalue weighted by Gasteiger charge is 2.10. The van der Waals surface area contributed by atoms with Crippen molar-refractivity contribution in [3.05, 3.63) is 65.2 Å². The molecule has 2 aromatic carbocycles. The number of hydrogen-bond donors (Lipinski definition) is 1. The van der Waals surface area contributed by atoms with Gasteiger partial charge >= 0.3 is 0 Å². The van der Waals surface area contributed by atoms with Gasteiger partial charge in [-0.05, 0) is 61.2 Å². The summed E-state index contributed by atoms with van der Waals surface area (Å²) in [6, 6.07) is 16.4. The van der Waals surface area contributed by atoms with Crippen LogP contribution in [0.15, 0.2) is 48.5 Å². The number of carbonyl (C=O) groups excluding carboxylic acids is 1. The van der Waals surface area contributed by atoms with Gasteiger partial charge in [-0.2, -0.15) is 0 Å². The Morgan fingerprint density at radius 2 is 1.74 bits per heavy atom. The molecule has 1 fully saturated rings. The second-order valence-corrected chi connectivity index (χ2v) is 7.22. The predicted octanol–water partition coefficient (Wildman–Crippen LogP) is 3.93. The molecular weight excluding hydrogens is 336 g/mol. The first kappa shape index (κ1) is 19.4. The van der Waals surface area contributed by atoms with E-state index in [2.05, 4.69) is 41.4 Å². The van der Waals surface area contributed by atoms with Crippen LogP contribution in [0.4, 0.5) is 0 Å². The summed E-state index contributed by atoms with van der Waals surface area (Å²) in [7, 11) is 0. The van der Waals surface area contributed by atoms with Gasteiger partial charge in [-0.25, -0.2) is 0 Å². The average Bonchev–Trinajstić information content (AvgIpc) is 2.72. The number of rotatable bonds is 8. The summed E-state index contributed by atoms with van der Waals surface area (Å²) in [5.41, 5.74) is 3.71. The molecule has 1 aliphatic rings. The zero-order valence-electron chi connectivity index (χ0n) is 16.2. The summed E-state index contributed by atoms with van der Waals surface area (Å²) in [4.78, 5) is 14.6. The lowest BCUT2D eigenvalue weighted by atomic mass is 10.1. The predicted molar refractivity (Wildman–Crippen MR) is 109 cm³/mol. The van der Waals surface area contributed by atoms with Gasteiger partial charge in [-0.15, -0.1) is 0 Å². The molecule has 4 nitrogen and oxygen atoms in total. The molecule has 0 bridgehead atoms. The summed E-state index contributed by atoms with van der Waals surface area (Å²) in [5, 5.41) is 2.95. The third-order valence-corrected chi connectivity index (χ3v) is 5.04. The molecule has 1 N–H and O–H groups in total. The molecule has 1 amide bonds. The minimum Gasteiger partial charge on any atom is -0.484 e. The van der Waals surface area contributed by atoms with Crippen molar-refractivity contribution in [3.8, 4) is 5.75 Å². The molecule has 0 spiro atoms. The maximum atomic E-state index is 12.1. The van der Waals surface area contributed by atoms with Crippen molar-refractivity contribution in [2.45, 2.75) is 45.7 Å². The number of hydrogen-bond acceptors (Lipinski definition) is 3. The van der Waals surface area contributed by atoms with Gasteiger partial charge < -0.3 is 10.1 Å². The van der Waals surface area contributed by atoms with Crippen LogP contribution < -0.4 is 10.1 Å². The minimum absolute atomic E-state index is 0.0406. The normalized spacial score (nSPS) is 14.7. The largest absolute Gasteiger partial charge is 0.484 e. The lowest BCUT2D eigenvalue weighted by Crippen LogP contribution is -2.29. The number of carbonyl (C=O) groups is 1. The molecule has 0 aromatic heterocycles. The smallest absolute Gasteiger partial charge is 0.258 e. The number of amides is 1. The van der Waals surface area contributed by atoms with Crippen molar-refractivity contribution >= 4 is 5.91 Å². The van der Waals surface area contributed by atoms with Crippen molar-refractivity contribution in [2.24, 2.45) is 0 Å². The number of ether oxygens (including phenoxy) is 1. The molecule has 0 aliphatic carbocycles. The Labute approximate surface area is 162 Å². The second-order valence-electron chi connectivity index (χ2n) is 7.22. The highest BCUT2D eigenvalue weighted by molar-refractivity contribution is 5.77. The van der Waals surface area contributed by atoms with E-state index >= 15 is 0 Å². The first-order valence-corrected chi connectivity index (χ1v) is 10.0. The van der Waals surface area contributed by atoms with Gasteiger partial charge in [0.2, 0.25) is 0 Å². The van der Waals surface area contributed by atoms with Gasteiger partial charge in [0.15, 0.2) is 6.61 Å². The van der Waals surface area contributed by atoms with Crippen LogP contribution in [0.1, 0.15) is 42.9 Å². The van der Waals surface area contributed by atoms with E-state index in [4.69, 9.17) is 4.74 Å². The SMILES string of the molecule is CCc1ccc(OCC(=O)NCc2cccc(CN3CCCCC3)c2)cc1. The number of piperidine rings is 1. The molecule has 2 aromatic rings. The molecule has 0 atom stereocenters. The van der Waals surface area contributed by atoms with Crippen molar-refractivity contribution in [1.29, 1.82) is 0 Å². The van der Waals surface area contributed by atoms with E-state index in [9.17, 15) is 4.79 Å². The zero-order chi connectivity index (χ0) is 18.9. The number of benzene rings is 2. The van der Waals surface area contributed by atoms with E-state index in [0.717, 1.165) is 24.3 Å². The fourth-order valence-corrected chi connectivity index (χ4v) is 3.44. The first-order valence-electron chi connectivity index (χ1n) is 10.0. The van der Waals surface area contributed by atoms with Crippen molar-refractivity contribution < 1.29 is 9.53 Å². The summed E-state index contributed by atoms with van der Waals surface area (Å²) in [5.74, 6) is 0.627. The number of nitrogens with zero attached hydrogens (tertiary/aromatic N) is 1. The molecule has 0 radical (unpaired) electrons. The Morgan fingerprint density at radius 1 is 1.00 bits per heavy atom. The molecule has 3 rings (SSSR count). The highest BCUT2D eigenvalue weighted by atomic mass is 16.5. The van der Waals surface area contributed by atoms with E-state index in [1.807, 2.05) is 24.3 Å². The van der Waals surface area contributed by atoms with E-state index in [0.29, 0.717) is 6.54 Å². The van der Waals surface area contributed by atoms with E-state index in [1.54, 1.807) is 0 Å². The van der Waals surface area contributed by atoms with Crippen LogP contribution in [0.2, 0.25) is 0 Å². The number of nitrogens with one attached hydrogen (secondary N) is 1. The lowest BCUT2D eigenvalue weighted by molar-refractivity contribution is -0.123. The van der Waals surface area contributed by atoms with Gasteiger partial charge in [0.25, 0.3) is 5.91 Å². The zero-order valence-corrected chi connectivity index (χ0v) is 16.2. The third-order valence-electron chi connectivity index (χ3n) is 5.04. The van der Waals surface area contributed by atoms with Crippen molar-refractivity contribution in [1.82, 2.24) is 10.2 Å². The Kier molecular flexibility index (Phi) is 7.28. The van der Waals surface area contributed by atoms with Gasteiger partial charge in [0, 0.05) is 13.1 Å². The molecule has 0 unspecified atom stereocenters. The maximum Gasteiger partial charge on any atom is 0.258 e. The van der Waals surface area contributed by atoms with Crippen LogP contribution in [0, 0.1) is 0 Å². The van der Waals surface area contributed by atoms with Crippen LogP contribution in [-0.2, 0) is 24.3 Å². The van der Waals surface area contributed by atoms with Gasteiger partial charge in [-0.1, -0.05) is 49.7 Å². The minimum atomic E-state index is -0.101. The molecule has 4 heteroatoms. The molecular formula is C23H30N2O2.